The van der Waals surface area contributed by atoms with E-state index in [1.165, 1.54) is 12.3 Å². The van der Waals surface area contributed by atoms with Crippen molar-refractivity contribution in [2.24, 2.45) is 5.73 Å². The third-order valence-corrected chi connectivity index (χ3v) is 5.26. The number of halogens is 3. The van der Waals surface area contributed by atoms with E-state index >= 15 is 0 Å². The highest BCUT2D eigenvalue weighted by atomic mass is 19.4. The number of rotatable bonds is 7. The summed E-state index contributed by atoms with van der Waals surface area (Å²) in [6.07, 6.45) is -2.49. The highest BCUT2D eigenvalue weighted by molar-refractivity contribution is 5.94. The molecule has 164 valence electrons. The standard InChI is InChI=1S/C21H22F3N5O2/c1-3-20(2,19(25)31)13-4-6-14(7-5-13)28-17-16-12(8-9-26-18(16)30)10-15(29-17)27-11-21(22,23)24/h4-10H,3,11H2,1-2H3,(H2,25,31)(H,26,30)(H2,27,28,29). The zero-order valence-electron chi connectivity index (χ0n) is 16.9. The van der Waals surface area contributed by atoms with Crippen molar-refractivity contribution in [3.8, 4) is 0 Å². The Morgan fingerprint density at radius 3 is 2.45 bits per heavy atom. The number of benzene rings is 1. The molecule has 0 radical (unpaired) electrons. The van der Waals surface area contributed by atoms with E-state index in [1.807, 2.05) is 6.92 Å². The van der Waals surface area contributed by atoms with Gasteiger partial charge in [0.2, 0.25) is 5.91 Å². The van der Waals surface area contributed by atoms with Gasteiger partial charge in [-0.05, 0) is 48.6 Å². The lowest BCUT2D eigenvalue weighted by Crippen LogP contribution is -2.37. The van der Waals surface area contributed by atoms with Crippen LogP contribution in [0.25, 0.3) is 10.8 Å². The van der Waals surface area contributed by atoms with Gasteiger partial charge in [0, 0.05) is 11.9 Å². The minimum atomic E-state index is -4.42. The van der Waals surface area contributed by atoms with Crippen LogP contribution in [0.5, 0.6) is 0 Å². The molecule has 2 aromatic heterocycles. The number of alkyl halides is 3. The van der Waals surface area contributed by atoms with Crippen molar-refractivity contribution < 1.29 is 18.0 Å². The minimum Gasteiger partial charge on any atom is -0.369 e. The Hall–Kier alpha value is -3.56. The molecule has 0 fully saturated rings. The monoisotopic (exact) mass is 433 g/mol. The Morgan fingerprint density at radius 1 is 1.19 bits per heavy atom. The maximum Gasteiger partial charge on any atom is 0.405 e. The number of pyridine rings is 2. The number of H-pyrrole nitrogens is 1. The molecule has 1 unspecified atom stereocenters. The second-order valence-electron chi connectivity index (χ2n) is 7.35. The van der Waals surface area contributed by atoms with Crippen molar-refractivity contribution in [3.05, 3.63) is 58.5 Å². The van der Waals surface area contributed by atoms with Gasteiger partial charge in [0.25, 0.3) is 5.56 Å². The van der Waals surface area contributed by atoms with Crippen molar-refractivity contribution in [1.82, 2.24) is 9.97 Å². The first-order valence-electron chi connectivity index (χ1n) is 9.54. The van der Waals surface area contributed by atoms with Crippen LogP contribution in [0.2, 0.25) is 0 Å². The van der Waals surface area contributed by atoms with Gasteiger partial charge in [-0.1, -0.05) is 19.1 Å². The first-order chi connectivity index (χ1) is 14.5. The van der Waals surface area contributed by atoms with Gasteiger partial charge in [-0.2, -0.15) is 13.2 Å². The van der Waals surface area contributed by atoms with E-state index in [0.29, 0.717) is 17.5 Å². The second kappa shape index (κ2) is 8.29. The quantitative estimate of drug-likeness (QED) is 0.453. The third-order valence-electron chi connectivity index (χ3n) is 5.26. The molecule has 0 spiro atoms. The zero-order valence-corrected chi connectivity index (χ0v) is 16.9. The van der Waals surface area contributed by atoms with Crippen molar-refractivity contribution in [1.29, 1.82) is 0 Å². The minimum absolute atomic E-state index is 0.0261. The molecule has 3 rings (SSSR count). The number of nitrogens with two attached hydrogens (primary N) is 1. The Bertz CT molecular complexity index is 1160. The summed E-state index contributed by atoms with van der Waals surface area (Å²) >= 11 is 0. The molecule has 3 aromatic rings. The Labute approximate surface area is 175 Å². The maximum atomic E-state index is 12.6. The Morgan fingerprint density at radius 2 is 1.87 bits per heavy atom. The molecular formula is C21H22F3N5O2. The number of amides is 1. The third kappa shape index (κ3) is 4.79. The number of fused-ring (bicyclic) bond motifs is 1. The fraction of sp³-hybridized carbons (Fsp3) is 0.286. The topological polar surface area (TPSA) is 113 Å². The van der Waals surface area contributed by atoms with E-state index in [4.69, 9.17) is 5.73 Å². The lowest BCUT2D eigenvalue weighted by atomic mass is 9.79. The van der Waals surface area contributed by atoms with Crippen molar-refractivity contribution >= 4 is 34.0 Å². The predicted octanol–water partition coefficient (Wildman–Crippen LogP) is 3.79. The van der Waals surface area contributed by atoms with Crippen LogP contribution in [0.3, 0.4) is 0 Å². The summed E-state index contributed by atoms with van der Waals surface area (Å²) in [4.78, 5) is 30.9. The smallest absolute Gasteiger partial charge is 0.369 e. The van der Waals surface area contributed by atoms with Crippen LogP contribution in [0, 0.1) is 0 Å². The molecule has 2 heterocycles. The van der Waals surface area contributed by atoms with Crippen molar-refractivity contribution in [2.75, 3.05) is 17.2 Å². The second-order valence-corrected chi connectivity index (χ2v) is 7.35. The molecule has 1 aromatic carbocycles. The number of primary amides is 1. The number of aromatic amines is 1. The van der Waals surface area contributed by atoms with E-state index in [2.05, 4.69) is 20.6 Å². The number of hydrogen-bond donors (Lipinski definition) is 4. The zero-order chi connectivity index (χ0) is 22.8. The summed E-state index contributed by atoms with van der Waals surface area (Å²) in [7, 11) is 0. The summed E-state index contributed by atoms with van der Waals surface area (Å²) in [6.45, 7) is 2.35. The molecule has 0 aliphatic heterocycles. The number of carbonyl (C=O) groups is 1. The van der Waals surface area contributed by atoms with Crippen LogP contribution in [-0.4, -0.2) is 28.6 Å². The van der Waals surface area contributed by atoms with Gasteiger partial charge in [-0.3, -0.25) is 9.59 Å². The van der Waals surface area contributed by atoms with Gasteiger partial charge in [-0.25, -0.2) is 4.98 Å². The number of hydrogen-bond acceptors (Lipinski definition) is 5. The SMILES string of the molecule is CCC(C)(C(N)=O)c1ccc(Nc2nc(NCC(F)(F)F)cc3cc[nH]c(=O)c23)cc1. The van der Waals surface area contributed by atoms with Crippen LogP contribution >= 0.6 is 0 Å². The Balaban J connectivity index is 1.98. The van der Waals surface area contributed by atoms with E-state index in [-0.39, 0.29) is 17.0 Å². The van der Waals surface area contributed by atoms with Gasteiger partial charge in [0.1, 0.15) is 18.2 Å². The summed E-state index contributed by atoms with van der Waals surface area (Å²) in [5.41, 5.74) is 5.54. The normalized spacial score (nSPS) is 13.6. The van der Waals surface area contributed by atoms with Crippen LogP contribution in [0.4, 0.5) is 30.5 Å². The molecule has 31 heavy (non-hydrogen) atoms. The molecule has 0 bridgehead atoms. The summed E-state index contributed by atoms with van der Waals surface area (Å²) in [5, 5.41) is 5.85. The van der Waals surface area contributed by atoms with Crippen molar-refractivity contribution in [2.45, 2.75) is 31.9 Å². The average molecular weight is 433 g/mol. The highest BCUT2D eigenvalue weighted by Gasteiger charge is 2.31. The Kier molecular flexibility index (Phi) is 5.92. The van der Waals surface area contributed by atoms with Gasteiger partial charge in [0.05, 0.1) is 10.8 Å². The van der Waals surface area contributed by atoms with Crippen LogP contribution in [0.15, 0.2) is 47.4 Å². The molecule has 10 heteroatoms. The molecule has 0 saturated carbocycles. The number of carbonyl (C=O) groups excluding carboxylic acids is 1. The predicted molar refractivity (Wildman–Crippen MR) is 113 cm³/mol. The van der Waals surface area contributed by atoms with E-state index < -0.39 is 29.6 Å². The molecule has 5 N–H and O–H groups in total. The van der Waals surface area contributed by atoms with Crippen LogP contribution < -0.4 is 21.9 Å². The number of anilines is 3. The first kappa shape index (κ1) is 22.1. The summed E-state index contributed by atoms with van der Waals surface area (Å²) < 4.78 is 37.8. The summed E-state index contributed by atoms with van der Waals surface area (Å²) in [6, 6.07) is 9.79. The van der Waals surface area contributed by atoms with Gasteiger partial charge in [-0.15, -0.1) is 0 Å². The lowest BCUT2D eigenvalue weighted by Gasteiger charge is -2.25. The molecule has 0 saturated heterocycles. The first-order valence-corrected chi connectivity index (χ1v) is 9.54. The molecule has 7 nitrogen and oxygen atoms in total. The maximum absolute atomic E-state index is 12.6. The average Bonchev–Trinajstić information content (AvgIpc) is 2.71. The number of aromatic nitrogens is 2. The fourth-order valence-electron chi connectivity index (χ4n) is 3.16. The van der Waals surface area contributed by atoms with Gasteiger partial charge < -0.3 is 21.4 Å². The fourth-order valence-corrected chi connectivity index (χ4v) is 3.16. The lowest BCUT2D eigenvalue weighted by molar-refractivity contribution is -0.123. The van der Waals surface area contributed by atoms with E-state index in [0.717, 1.165) is 5.56 Å². The summed E-state index contributed by atoms with van der Waals surface area (Å²) in [5.74, 6) is -0.370. The molecule has 0 aliphatic carbocycles. The van der Waals surface area contributed by atoms with Gasteiger partial charge >= 0.3 is 6.18 Å². The van der Waals surface area contributed by atoms with Crippen LogP contribution in [0.1, 0.15) is 25.8 Å². The molecule has 0 aliphatic rings. The number of nitrogens with one attached hydrogen (secondary N) is 3. The molecule has 1 atom stereocenters. The highest BCUT2D eigenvalue weighted by Crippen LogP contribution is 2.30. The van der Waals surface area contributed by atoms with E-state index in [9.17, 15) is 22.8 Å². The largest absolute Gasteiger partial charge is 0.405 e. The molecular weight excluding hydrogens is 411 g/mol. The van der Waals surface area contributed by atoms with Gasteiger partial charge in [0.15, 0.2) is 0 Å². The van der Waals surface area contributed by atoms with Crippen LogP contribution in [-0.2, 0) is 10.2 Å². The van der Waals surface area contributed by atoms with E-state index in [1.54, 1.807) is 37.3 Å². The molecule has 1 amide bonds. The number of nitrogens with zero attached hydrogens (tertiary/aromatic N) is 1. The van der Waals surface area contributed by atoms with Crippen molar-refractivity contribution in [3.63, 3.8) is 0 Å².